The first-order valence-corrected chi connectivity index (χ1v) is 6.83. The van der Waals surface area contributed by atoms with Gasteiger partial charge in [0.25, 0.3) is 5.91 Å². The van der Waals surface area contributed by atoms with Gasteiger partial charge in [0.05, 0.1) is 5.69 Å². The number of carbonyl (C=O) groups is 1. The number of nitrogen functional groups attached to an aromatic ring is 1. The van der Waals surface area contributed by atoms with Gasteiger partial charge in [-0.15, -0.1) is 0 Å². The topological polar surface area (TPSA) is 64.3 Å². The summed E-state index contributed by atoms with van der Waals surface area (Å²) < 4.78 is 6.82. The Balaban J connectivity index is 2.15. The van der Waals surface area contributed by atoms with Crippen LogP contribution in [-0.2, 0) is 9.53 Å². The Morgan fingerprint density at radius 2 is 2.06 bits per heavy atom. The smallest absolute Gasteiger partial charge is 0.253 e. The van der Waals surface area contributed by atoms with E-state index in [0.29, 0.717) is 18.0 Å². The fourth-order valence-electron chi connectivity index (χ4n) is 1.70. The number of anilines is 2. The number of amides is 1. The molecule has 1 heterocycles. The Morgan fingerprint density at radius 1 is 1.41 bits per heavy atom. The van der Waals surface area contributed by atoms with Crippen molar-refractivity contribution in [2.75, 3.05) is 17.7 Å². The lowest BCUT2D eigenvalue weighted by atomic mass is 10.2. The van der Waals surface area contributed by atoms with E-state index in [1.807, 2.05) is 0 Å². The number of ether oxygens (including phenoxy) is 1. The molecule has 1 aromatic carbocycles. The van der Waals surface area contributed by atoms with E-state index >= 15 is 0 Å². The third-order valence-electron chi connectivity index (χ3n) is 2.53. The molecule has 1 aliphatic rings. The van der Waals surface area contributed by atoms with Gasteiger partial charge >= 0.3 is 0 Å². The van der Waals surface area contributed by atoms with Crippen molar-refractivity contribution in [3.63, 3.8) is 0 Å². The minimum absolute atomic E-state index is 0.117. The monoisotopic (exact) mass is 362 g/mol. The van der Waals surface area contributed by atoms with Crippen molar-refractivity contribution in [1.29, 1.82) is 0 Å². The molecule has 0 aliphatic carbocycles. The first-order chi connectivity index (χ1) is 8.08. The Labute approximate surface area is 116 Å². The fourth-order valence-corrected chi connectivity index (χ4v) is 3.12. The summed E-state index contributed by atoms with van der Waals surface area (Å²) in [6.07, 6.45) is 1.37. The molecule has 2 rings (SSSR count). The first kappa shape index (κ1) is 12.9. The van der Waals surface area contributed by atoms with E-state index in [9.17, 15) is 4.79 Å². The summed E-state index contributed by atoms with van der Waals surface area (Å²) in [5.41, 5.74) is 6.99. The van der Waals surface area contributed by atoms with Crippen molar-refractivity contribution in [1.82, 2.24) is 0 Å². The number of nitrogens with one attached hydrogen (secondary N) is 1. The van der Waals surface area contributed by atoms with Crippen molar-refractivity contribution >= 4 is 49.1 Å². The molecule has 3 N–H and O–H groups in total. The largest absolute Gasteiger partial charge is 0.399 e. The SMILES string of the molecule is Nc1cc(Br)c(NC(=O)C2CCCO2)c(Br)c1. The molecule has 1 fully saturated rings. The number of halogens is 2. The van der Waals surface area contributed by atoms with Crippen LogP contribution < -0.4 is 11.1 Å². The molecule has 1 amide bonds. The van der Waals surface area contributed by atoms with Gasteiger partial charge < -0.3 is 15.8 Å². The Hall–Kier alpha value is -0.590. The molecule has 0 radical (unpaired) electrons. The molecule has 4 nitrogen and oxygen atoms in total. The van der Waals surface area contributed by atoms with Gasteiger partial charge in [0.15, 0.2) is 0 Å². The van der Waals surface area contributed by atoms with Crippen molar-refractivity contribution in [2.24, 2.45) is 0 Å². The van der Waals surface area contributed by atoms with Crippen LogP contribution in [0.25, 0.3) is 0 Å². The minimum atomic E-state index is -0.341. The number of hydrogen-bond donors (Lipinski definition) is 2. The van der Waals surface area contributed by atoms with Gasteiger partial charge in [-0.3, -0.25) is 4.79 Å². The van der Waals surface area contributed by atoms with Gasteiger partial charge in [-0.05, 0) is 56.8 Å². The maximum atomic E-state index is 11.9. The molecule has 0 bridgehead atoms. The lowest BCUT2D eigenvalue weighted by Gasteiger charge is -2.13. The zero-order chi connectivity index (χ0) is 12.4. The predicted octanol–water partition coefficient (Wildman–Crippen LogP) is 2.91. The highest BCUT2D eigenvalue weighted by molar-refractivity contribution is 9.11. The lowest BCUT2D eigenvalue weighted by Crippen LogP contribution is -2.27. The number of carbonyl (C=O) groups excluding carboxylic acids is 1. The van der Waals surface area contributed by atoms with E-state index in [0.717, 1.165) is 21.8 Å². The number of nitrogens with two attached hydrogens (primary N) is 1. The number of benzene rings is 1. The summed E-state index contributed by atoms with van der Waals surface area (Å²) in [6, 6.07) is 3.49. The highest BCUT2D eigenvalue weighted by atomic mass is 79.9. The highest BCUT2D eigenvalue weighted by Gasteiger charge is 2.24. The van der Waals surface area contributed by atoms with Crippen LogP contribution >= 0.6 is 31.9 Å². The van der Waals surface area contributed by atoms with Crippen molar-refractivity contribution < 1.29 is 9.53 Å². The van der Waals surface area contributed by atoms with Crippen LogP contribution in [0.1, 0.15) is 12.8 Å². The van der Waals surface area contributed by atoms with E-state index in [1.165, 1.54) is 0 Å². The number of rotatable bonds is 2. The van der Waals surface area contributed by atoms with E-state index in [4.69, 9.17) is 10.5 Å². The third-order valence-corrected chi connectivity index (χ3v) is 3.79. The first-order valence-electron chi connectivity index (χ1n) is 5.25. The molecule has 17 heavy (non-hydrogen) atoms. The summed E-state index contributed by atoms with van der Waals surface area (Å²) in [5, 5.41) is 2.83. The molecule has 1 aromatic rings. The third kappa shape index (κ3) is 3.00. The summed E-state index contributed by atoms with van der Waals surface area (Å²) in [5.74, 6) is -0.117. The molecule has 1 saturated heterocycles. The quantitative estimate of drug-likeness (QED) is 0.794. The Kier molecular flexibility index (Phi) is 4.06. The van der Waals surface area contributed by atoms with Crippen LogP contribution in [0.3, 0.4) is 0 Å². The maximum absolute atomic E-state index is 11.9. The second-order valence-corrected chi connectivity index (χ2v) is 5.56. The molecule has 0 saturated carbocycles. The summed E-state index contributed by atoms with van der Waals surface area (Å²) in [6.45, 7) is 0.655. The summed E-state index contributed by atoms with van der Waals surface area (Å²) in [7, 11) is 0. The highest BCUT2D eigenvalue weighted by Crippen LogP contribution is 2.33. The molecule has 1 unspecified atom stereocenters. The second-order valence-electron chi connectivity index (χ2n) is 3.85. The van der Waals surface area contributed by atoms with Crippen molar-refractivity contribution in [3.8, 4) is 0 Å². The predicted molar refractivity (Wildman–Crippen MR) is 73.9 cm³/mol. The van der Waals surface area contributed by atoms with Gasteiger partial charge in [-0.1, -0.05) is 0 Å². The van der Waals surface area contributed by atoms with Crippen LogP contribution in [0, 0.1) is 0 Å². The molecule has 1 aliphatic heterocycles. The fraction of sp³-hybridized carbons (Fsp3) is 0.364. The molecular weight excluding hydrogens is 352 g/mol. The van der Waals surface area contributed by atoms with Gasteiger partial charge in [-0.2, -0.15) is 0 Å². The normalized spacial score (nSPS) is 19.3. The second kappa shape index (κ2) is 5.37. The van der Waals surface area contributed by atoms with Gasteiger partial charge in [-0.25, -0.2) is 0 Å². The van der Waals surface area contributed by atoms with E-state index < -0.39 is 0 Å². The molecular formula is C11H12Br2N2O2. The standard InChI is InChI=1S/C11H12Br2N2O2/c12-7-4-6(14)5-8(13)10(7)15-11(16)9-2-1-3-17-9/h4-5,9H,1-3,14H2,(H,15,16). The Morgan fingerprint density at radius 3 is 2.59 bits per heavy atom. The van der Waals surface area contributed by atoms with Crippen LogP contribution in [0.5, 0.6) is 0 Å². The van der Waals surface area contributed by atoms with Crippen molar-refractivity contribution in [3.05, 3.63) is 21.1 Å². The van der Waals surface area contributed by atoms with E-state index in [2.05, 4.69) is 37.2 Å². The molecule has 1 atom stereocenters. The van der Waals surface area contributed by atoms with Crippen molar-refractivity contribution in [2.45, 2.75) is 18.9 Å². The summed E-state index contributed by atoms with van der Waals surface area (Å²) in [4.78, 5) is 11.9. The Bertz CT molecular complexity index is 422. The zero-order valence-electron chi connectivity index (χ0n) is 9.00. The summed E-state index contributed by atoms with van der Waals surface area (Å²) >= 11 is 6.74. The van der Waals surface area contributed by atoms with Gasteiger partial charge in [0.1, 0.15) is 6.10 Å². The van der Waals surface area contributed by atoms with E-state index in [1.54, 1.807) is 12.1 Å². The molecule has 6 heteroatoms. The number of hydrogen-bond acceptors (Lipinski definition) is 3. The minimum Gasteiger partial charge on any atom is -0.399 e. The molecule has 0 aromatic heterocycles. The van der Waals surface area contributed by atoms with Crippen LogP contribution in [0.2, 0.25) is 0 Å². The van der Waals surface area contributed by atoms with Crippen LogP contribution in [-0.4, -0.2) is 18.6 Å². The van der Waals surface area contributed by atoms with Gasteiger partial charge in [0, 0.05) is 21.2 Å². The average molecular weight is 364 g/mol. The zero-order valence-corrected chi connectivity index (χ0v) is 12.2. The van der Waals surface area contributed by atoms with Crippen LogP contribution in [0.15, 0.2) is 21.1 Å². The molecule has 0 spiro atoms. The lowest BCUT2D eigenvalue weighted by molar-refractivity contribution is -0.124. The molecule has 92 valence electrons. The van der Waals surface area contributed by atoms with E-state index in [-0.39, 0.29) is 12.0 Å². The van der Waals surface area contributed by atoms with Gasteiger partial charge in [0.2, 0.25) is 0 Å². The van der Waals surface area contributed by atoms with Crippen LogP contribution in [0.4, 0.5) is 11.4 Å². The average Bonchev–Trinajstić information content (AvgIpc) is 2.76. The maximum Gasteiger partial charge on any atom is 0.253 e.